The molecular weight excluding hydrogens is 460 g/mol. The van der Waals surface area contributed by atoms with E-state index in [0.29, 0.717) is 5.69 Å². The molecule has 1 aliphatic rings. The number of anilines is 1. The second-order valence-electron chi connectivity index (χ2n) is 8.66. The lowest BCUT2D eigenvalue weighted by atomic mass is 10.2. The van der Waals surface area contributed by atoms with Gasteiger partial charge >= 0.3 is 0 Å². The van der Waals surface area contributed by atoms with E-state index in [-0.39, 0.29) is 22.9 Å². The number of nitrogens with zero attached hydrogens (tertiary/aromatic N) is 2. The van der Waals surface area contributed by atoms with Crippen molar-refractivity contribution in [2.45, 2.75) is 37.6 Å². The molecule has 2 N–H and O–H groups in total. The lowest BCUT2D eigenvalue weighted by Crippen LogP contribution is -2.24. The molecule has 0 aliphatic heterocycles. The molecule has 3 aromatic carbocycles. The van der Waals surface area contributed by atoms with Crippen LogP contribution in [-0.4, -0.2) is 24.1 Å². The first-order valence-corrected chi connectivity index (χ1v) is 13.0. The maximum absolute atomic E-state index is 12.9. The Morgan fingerprint density at radius 2 is 1.77 bits per heavy atom. The number of benzene rings is 3. The van der Waals surface area contributed by atoms with Crippen molar-refractivity contribution in [1.29, 1.82) is 0 Å². The van der Waals surface area contributed by atoms with Crippen LogP contribution in [-0.2, 0) is 29.4 Å². The van der Waals surface area contributed by atoms with E-state index in [1.54, 1.807) is 30.3 Å². The zero-order valence-electron chi connectivity index (χ0n) is 19.4. The first-order valence-electron chi connectivity index (χ1n) is 11.5. The molecule has 0 spiro atoms. The Bertz CT molecular complexity index is 1490. The van der Waals surface area contributed by atoms with Gasteiger partial charge in [0.25, 0.3) is 15.9 Å². The highest BCUT2D eigenvalue weighted by Gasteiger charge is 2.23. The van der Waals surface area contributed by atoms with E-state index in [4.69, 9.17) is 5.10 Å². The van der Waals surface area contributed by atoms with E-state index in [1.807, 2.05) is 48.0 Å². The number of aromatic nitrogens is 2. The number of carbonyl (C=O) groups excluding carboxylic acids is 1. The van der Waals surface area contributed by atoms with E-state index in [0.717, 1.165) is 36.2 Å². The Kier molecular flexibility index (Phi) is 6.13. The van der Waals surface area contributed by atoms with Gasteiger partial charge in [0.2, 0.25) is 0 Å². The Hall–Kier alpha value is -3.91. The smallest absolute Gasteiger partial charge is 0.261 e. The number of hydrogen-bond donors (Lipinski definition) is 2. The fourth-order valence-corrected chi connectivity index (χ4v) is 5.53. The summed E-state index contributed by atoms with van der Waals surface area (Å²) in [5, 5.41) is 7.69. The lowest BCUT2D eigenvalue weighted by Gasteiger charge is -2.10. The fourth-order valence-electron chi connectivity index (χ4n) is 4.43. The molecule has 7 nitrogen and oxygen atoms in total. The van der Waals surface area contributed by atoms with Crippen LogP contribution >= 0.6 is 0 Å². The van der Waals surface area contributed by atoms with Crippen molar-refractivity contribution < 1.29 is 13.2 Å². The van der Waals surface area contributed by atoms with Crippen molar-refractivity contribution in [3.8, 4) is 5.69 Å². The van der Waals surface area contributed by atoms with Gasteiger partial charge < -0.3 is 5.32 Å². The number of carbonyl (C=O) groups is 1. The Morgan fingerprint density at radius 3 is 2.57 bits per heavy atom. The van der Waals surface area contributed by atoms with Crippen LogP contribution in [0.2, 0.25) is 0 Å². The molecule has 1 heterocycles. The van der Waals surface area contributed by atoms with Gasteiger partial charge in [-0.25, -0.2) is 13.1 Å². The maximum atomic E-state index is 12.9. The SMILES string of the molecule is Cc1cccc(NS(=O)(=O)c2cccc(C(=O)NCc3nn(-c4ccccc4)c4c3CCC4)c2)c1. The van der Waals surface area contributed by atoms with Gasteiger partial charge in [-0.3, -0.25) is 9.52 Å². The van der Waals surface area contributed by atoms with Crippen molar-refractivity contribution in [3.05, 3.63) is 107 Å². The minimum absolute atomic E-state index is 0.0286. The highest BCUT2D eigenvalue weighted by molar-refractivity contribution is 7.92. The van der Waals surface area contributed by atoms with Gasteiger partial charge in [-0.1, -0.05) is 36.4 Å². The zero-order valence-corrected chi connectivity index (χ0v) is 20.2. The zero-order chi connectivity index (χ0) is 24.4. The summed E-state index contributed by atoms with van der Waals surface area (Å²) in [6.07, 6.45) is 2.96. The molecule has 178 valence electrons. The second kappa shape index (κ2) is 9.38. The highest BCUT2D eigenvalue weighted by atomic mass is 32.2. The van der Waals surface area contributed by atoms with E-state index in [9.17, 15) is 13.2 Å². The van der Waals surface area contributed by atoms with E-state index < -0.39 is 10.0 Å². The third-order valence-electron chi connectivity index (χ3n) is 6.11. The Morgan fingerprint density at radius 1 is 0.971 bits per heavy atom. The molecule has 5 rings (SSSR count). The van der Waals surface area contributed by atoms with E-state index in [1.165, 1.54) is 23.4 Å². The first-order chi connectivity index (χ1) is 16.9. The van der Waals surface area contributed by atoms with Gasteiger partial charge in [-0.15, -0.1) is 0 Å². The molecular formula is C27H26N4O3S. The number of amides is 1. The molecule has 0 unspecified atom stereocenters. The molecule has 1 amide bonds. The minimum atomic E-state index is -3.83. The molecule has 0 saturated carbocycles. The number of hydrogen-bond acceptors (Lipinski definition) is 4. The molecule has 0 fully saturated rings. The first kappa shape index (κ1) is 22.9. The number of nitrogens with one attached hydrogen (secondary N) is 2. The summed E-state index contributed by atoms with van der Waals surface area (Å²) in [5.41, 5.74) is 5.92. The van der Waals surface area contributed by atoms with Crippen LogP contribution in [0.5, 0.6) is 0 Å². The summed E-state index contributed by atoms with van der Waals surface area (Å²) in [6.45, 7) is 2.17. The van der Waals surface area contributed by atoms with Crippen molar-refractivity contribution >= 4 is 21.6 Å². The molecule has 1 aliphatic carbocycles. The second-order valence-corrected chi connectivity index (χ2v) is 10.3. The molecule has 0 atom stereocenters. The summed E-state index contributed by atoms with van der Waals surface area (Å²) in [7, 11) is -3.83. The van der Waals surface area contributed by atoms with Crippen LogP contribution in [0.25, 0.3) is 5.69 Å². The van der Waals surface area contributed by atoms with Crippen molar-refractivity contribution in [1.82, 2.24) is 15.1 Å². The normalized spacial score (nSPS) is 12.8. The molecule has 35 heavy (non-hydrogen) atoms. The minimum Gasteiger partial charge on any atom is -0.346 e. The highest BCUT2D eigenvalue weighted by Crippen LogP contribution is 2.28. The average molecular weight is 487 g/mol. The predicted octanol–water partition coefficient (Wildman–Crippen LogP) is 4.40. The summed E-state index contributed by atoms with van der Waals surface area (Å²) >= 11 is 0. The third-order valence-corrected chi connectivity index (χ3v) is 7.49. The number of fused-ring (bicyclic) bond motifs is 1. The maximum Gasteiger partial charge on any atom is 0.261 e. The van der Waals surface area contributed by atoms with Gasteiger partial charge in [0.1, 0.15) is 0 Å². The van der Waals surface area contributed by atoms with Crippen LogP contribution in [0.3, 0.4) is 0 Å². The predicted molar refractivity (Wildman–Crippen MR) is 135 cm³/mol. The van der Waals surface area contributed by atoms with Crippen LogP contribution < -0.4 is 10.0 Å². The Balaban J connectivity index is 1.32. The number of rotatable bonds is 7. The molecule has 8 heteroatoms. The summed E-state index contributed by atoms with van der Waals surface area (Å²) in [6, 6.07) is 23.1. The number of aryl methyl sites for hydroxylation is 1. The lowest BCUT2D eigenvalue weighted by molar-refractivity contribution is 0.0950. The molecule has 0 radical (unpaired) electrons. The van der Waals surface area contributed by atoms with Crippen LogP contribution in [0.4, 0.5) is 5.69 Å². The molecule has 1 aromatic heterocycles. The largest absolute Gasteiger partial charge is 0.346 e. The monoisotopic (exact) mass is 486 g/mol. The van der Waals surface area contributed by atoms with Gasteiger partial charge in [0.05, 0.1) is 22.8 Å². The Labute approximate surface area is 204 Å². The molecule has 0 saturated heterocycles. The third kappa shape index (κ3) is 4.83. The number of sulfonamides is 1. The van der Waals surface area contributed by atoms with Gasteiger partial charge in [-0.05, 0) is 79.8 Å². The average Bonchev–Trinajstić information content (AvgIpc) is 3.46. The van der Waals surface area contributed by atoms with Gasteiger partial charge in [0.15, 0.2) is 0 Å². The van der Waals surface area contributed by atoms with Crippen LogP contribution in [0.1, 0.15) is 39.3 Å². The standard InChI is InChI=1S/C27H26N4O3S/c1-19-8-5-10-21(16-19)30-35(33,34)23-13-6-9-20(17-23)27(32)28-18-25-24-14-7-15-26(24)31(29-25)22-11-3-2-4-12-22/h2-6,8-13,16-17,30H,7,14-15,18H2,1H3,(H,28,32). The summed E-state index contributed by atoms with van der Waals surface area (Å²) in [5.74, 6) is -0.349. The van der Waals surface area contributed by atoms with Crippen molar-refractivity contribution in [2.24, 2.45) is 0 Å². The van der Waals surface area contributed by atoms with Crippen molar-refractivity contribution in [3.63, 3.8) is 0 Å². The van der Waals surface area contributed by atoms with E-state index in [2.05, 4.69) is 10.0 Å². The fraction of sp³-hybridized carbons (Fsp3) is 0.185. The molecule has 4 aromatic rings. The van der Waals surface area contributed by atoms with Gasteiger partial charge in [-0.2, -0.15) is 5.10 Å². The summed E-state index contributed by atoms with van der Waals surface area (Å²) in [4.78, 5) is 12.9. The van der Waals surface area contributed by atoms with Crippen molar-refractivity contribution in [2.75, 3.05) is 4.72 Å². The number of para-hydroxylation sites is 1. The summed E-state index contributed by atoms with van der Waals surface area (Å²) < 4.78 is 30.3. The van der Waals surface area contributed by atoms with Crippen LogP contribution in [0, 0.1) is 6.92 Å². The topological polar surface area (TPSA) is 93.1 Å². The van der Waals surface area contributed by atoms with E-state index >= 15 is 0 Å². The quantitative estimate of drug-likeness (QED) is 0.405. The van der Waals surface area contributed by atoms with Gasteiger partial charge in [0, 0.05) is 16.9 Å². The molecule has 0 bridgehead atoms. The van der Waals surface area contributed by atoms with Crippen LogP contribution in [0.15, 0.2) is 83.8 Å².